The van der Waals surface area contributed by atoms with Gasteiger partial charge < -0.3 is 10.1 Å². The molecule has 0 amide bonds. The molecule has 0 heterocycles. The van der Waals surface area contributed by atoms with Crippen molar-refractivity contribution in [2.75, 3.05) is 0 Å². The molecule has 0 unspecified atom stereocenters. The molecule has 2 aromatic carbocycles. The van der Waals surface area contributed by atoms with Crippen molar-refractivity contribution >= 4 is 39.1 Å². The highest BCUT2D eigenvalue weighted by Gasteiger charge is 2.20. The molecule has 1 aliphatic rings. The summed E-state index contributed by atoms with van der Waals surface area (Å²) in [4.78, 5) is 0. The van der Waals surface area contributed by atoms with Crippen LogP contribution in [0.1, 0.15) is 18.4 Å². The molecule has 3 rings (SSSR count). The molecule has 5 heteroatoms. The fraction of sp³-hybridized carbons (Fsp3) is 0.250. The number of ether oxygens (including phenoxy) is 1. The zero-order chi connectivity index (χ0) is 14.8. The summed E-state index contributed by atoms with van der Waals surface area (Å²) in [7, 11) is 0. The van der Waals surface area contributed by atoms with Gasteiger partial charge in [0.1, 0.15) is 11.5 Å². The third kappa shape index (κ3) is 4.36. The molecule has 0 aromatic heterocycles. The lowest BCUT2D eigenvalue weighted by molar-refractivity contribution is 0.479. The van der Waals surface area contributed by atoms with Crippen LogP contribution in [-0.2, 0) is 6.54 Å². The first-order chi connectivity index (χ1) is 10.1. The molecule has 0 radical (unpaired) electrons. The Morgan fingerprint density at radius 1 is 1.10 bits per heavy atom. The van der Waals surface area contributed by atoms with Gasteiger partial charge in [-0.25, -0.2) is 0 Å². The van der Waals surface area contributed by atoms with Crippen LogP contribution in [0.15, 0.2) is 40.9 Å². The highest BCUT2D eigenvalue weighted by atomic mass is 79.9. The Labute approximate surface area is 142 Å². The molecule has 0 saturated heterocycles. The van der Waals surface area contributed by atoms with E-state index in [1.165, 1.54) is 18.4 Å². The van der Waals surface area contributed by atoms with Gasteiger partial charge in [0, 0.05) is 22.6 Å². The maximum Gasteiger partial charge on any atom is 0.141 e. The monoisotopic (exact) mass is 385 g/mol. The molecule has 1 N–H and O–H groups in total. The van der Waals surface area contributed by atoms with E-state index in [2.05, 4.69) is 33.4 Å². The summed E-state index contributed by atoms with van der Waals surface area (Å²) in [5, 5.41) is 4.60. The Morgan fingerprint density at radius 3 is 2.43 bits per heavy atom. The topological polar surface area (TPSA) is 21.3 Å². The van der Waals surface area contributed by atoms with E-state index in [0.29, 0.717) is 21.8 Å². The van der Waals surface area contributed by atoms with Crippen molar-refractivity contribution in [2.24, 2.45) is 0 Å². The maximum absolute atomic E-state index is 5.97. The zero-order valence-corrected chi connectivity index (χ0v) is 14.3. The summed E-state index contributed by atoms with van der Waals surface area (Å²) in [6.07, 6.45) is 2.58. The fourth-order valence-electron chi connectivity index (χ4n) is 2.00. The second-order valence-corrected chi connectivity index (χ2v) is 6.85. The normalized spacial score (nSPS) is 14.2. The van der Waals surface area contributed by atoms with Gasteiger partial charge >= 0.3 is 0 Å². The van der Waals surface area contributed by atoms with Gasteiger partial charge in [-0.3, -0.25) is 0 Å². The highest BCUT2D eigenvalue weighted by molar-refractivity contribution is 9.10. The average molecular weight is 387 g/mol. The Balaban J connectivity index is 1.72. The summed E-state index contributed by atoms with van der Waals surface area (Å²) in [5.41, 5.74) is 1.23. The number of hydrogen-bond donors (Lipinski definition) is 1. The molecule has 1 saturated carbocycles. The van der Waals surface area contributed by atoms with Gasteiger partial charge in [-0.15, -0.1) is 0 Å². The van der Waals surface area contributed by atoms with E-state index in [0.717, 1.165) is 16.8 Å². The van der Waals surface area contributed by atoms with Crippen LogP contribution in [0.5, 0.6) is 11.5 Å². The van der Waals surface area contributed by atoms with Crippen LogP contribution in [0, 0.1) is 0 Å². The van der Waals surface area contributed by atoms with Crippen molar-refractivity contribution in [3.05, 3.63) is 56.5 Å². The SMILES string of the molecule is Clc1cc(Cl)cc(Oc2ccc(CNC3CC3)cc2Br)c1. The van der Waals surface area contributed by atoms with Crippen LogP contribution in [0.4, 0.5) is 0 Å². The van der Waals surface area contributed by atoms with E-state index in [9.17, 15) is 0 Å². The molecule has 1 aliphatic carbocycles. The van der Waals surface area contributed by atoms with Crippen molar-refractivity contribution in [1.29, 1.82) is 0 Å². The van der Waals surface area contributed by atoms with E-state index in [-0.39, 0.29) is 0 Å². The summed E-state index contributed by atoms with van der Waals surface area (Å²) in [6, 6.07) is 11.9. The minimum absolute atomic E-state index is 0.555. The van der Waals surface area contributed by atoms with Crippen molar-refractivity contribution < 1.29 is 4.74 Å². The van der Waals surface area contributed by atoms with Crippen LogP contribution in [0.2, 0.25) is 10.0 Å². The number of hydrogen-bond acceptors (Lipinski definition) is 2. The quantitative estimate of drug-likeness (QED) is 0.700. The lowest BCUT2D eigenvalue weighted by Gasteiger charge is -2.10. The highest BCUT2D eigenvalue weighted by Crippen LogP contribution is 2.33. The molecule has 21 heavy (non-hydrogen) atoms. The molecule has 2 nitrogen and oxygen atoms in total. The van der Waals surface area contributed by atoms with Crippen molar-refractivity contribution in [3.8, 4) is 11.5 Å². The number of benzene rings is 2. The second-order valence-electron chi connectivity index (χ2n) is 5.13. The Kier molecular flexibility index (Phi) is 4.75. The van der Waals surface area contributed by atoms with Crippen LogP contribution >= 0.6 is 39.1 Å². The largest absolute Gasteiger partial charge is 0.456 e. The van der Waals surface area contributed by atoms with Crippen molar-refractivity contribution in [2.45, 2.75) is 25.4 Å². The first-order valence-electron chi connectivity index (χ1n) is 6.76. The van der Waals surface area contributed by atoms with Gasteiger partial charge in [-0.05, 0) is 64.7 Å². The predicted molar refractivity (Wildman–Crippen MR) is 90.5 cm³/mol. The number of nitrogens with one attached hydrogen (secondary N) is 1. The second kappa shape index (κ2) is 6.57. The van der Waals surface area contributed by atoms with E-state index in [4.69, 9.17) is 27.9 Å². The van der Waals surface area contributed by atoms with Gasteiger partial charge in [-0.1, -0.05) is 29.3 Å². The van der Waals surface area contributed by atoms with Gasteiger partial charge in [0.25, 0.3) is 0 Å². The summed E-state index contributed by atoms with van der Waals surface area (Å²) in [6.45, 7) is 0.881. The molecule has 2 aromatic rings. The lowest BCUT2D eigenvalue weighted by atomic mass is 10.2. The molecular formula is C16H14BrCl2NO. The minimum Gasteiger partial charge on any atom is -0.456 e. The molecule has 0 spiro atoms. The van der Waals surface area contributed by atoms with Crippen LogP contribution in [-0.4, -0.2) is 6.04 Å². The van der Waals surface area contributed by atoms with Crippen LogP contribution < -0.4 is 10.1 Å². The van der Waals surface area contributed by atoms with Gasteiger partial charge in [0.2, 0.25) is 0 Å². The molecule has 1 fully saturated rings. The average Bonchev–Trinajstić information content (AvgIpc) is 3.22. The van der Waals surface area contributed by atoms with E-state index < -0.39 is 0 Å². The molecule has 0 aliphatic heterocycles. The number of rotatable bonds is 5. The zero-order valence-electron chi connectivity index (χ0n) is 11.2. The summed E-state index contributed by atoms with van der Waals surface area (Å²) < 4.78 is 6.74. The van der Waals surface area contributed by atoms with E-state index >= 15 is 0 Å². The summed E-state index contributed by atoms with van der Waals surface area (Å²) in [5.74, 6) is 1.36. The standard InChI is InChI=1S/C16H14BrCl2NO/c17-15-5-10(9-20-13-2-3-13)1-4-16(15)21-14-7-11(18)6-12(19)8-14/h1,4-8,13,20H,2-3,9H2. The summed E-state index contributed by atoms with van der Waals surface area (Å²) >= 11 is 15.5. The Morgan fingerprint density at radius 2 is 1.81 bits per heavy atom. The molecule has 110 valence electrons. The first-order valence-corrected chi connectivity index (χ1v) is 8.31. The van der Waals surface area contributed by atoms with E-state index in [1.807, 2.05) is 6.07 Å². The Hall–Kier alpha value is -0.740. The molecule has 0 atom stereocenters. The Bertz CT molecular complexity index is 638. The van der Waals surface area contributed by atoms with Gasteiger partial charge in [-0.2, -0.15) is 0 Å². The van der Waals surface area contributed by atoms with Gasteiger partial charge in [0.05, 0.1) is 4.47 Å². The van der Waals surface area contributed by atoms with Crippen LogP contribution in [0.25, 0.3) is 0 Å². The predicted octanol–water partition coefficient (Wildman–Crippen LogP) is 5.80. The third-order valence-corrected chi connectivity index (χ3v) is 4.29. The molecular weight excluding hydrogens is 373 g/mol. The van der Waals surface area contributed by atoms with Crippen LogP contribution in [0.3, 0.4) is 0 Å². The third-order valence-electron chi connectivity index (χ3n) is 3.23. The molecule has 0 bridgehead atoms. The maximum atomic E-state index is 5.97. The van der Waals surface area contributed by atoms with E-state index in [1.54, 1.807) is 18.2 Å². The smallest absolute Gasteiger partial charge is 0.141 e. The van der Waals surface area contributed by atoms with Crippen molar-refractivity contribution in [3.63, 3.8) is 0 Å². The lowest BCUT2D eigenvalue weighted by Crippen LogP contribution is -2.15. The van der Waals surface area contributed by atoms with Crippen molar-refractivity contribution in [1.82, 2.24) is 5.32 Å². The number of halogens is 3. The fourth-order valence-corrected chi connectivity index (χ4v) is 3.01. The first kappa shape index (κ1) is 15.2. The van der Waals surface area contributed by atoms with Gasteiger partial charge in [0.15, 0.2) is 0 Å². The minimum atomic E-state index is 0.555.